The number of benzene rings is 1. The number of aromatic nitrogens is 1. The first-order chi connectivity index (χ1) is 8.36. The highest BCUT2D eigenvalue weighted by atomic mass is 16.4. The number of nitrogens with one attached hydrogen (secondary N) is 1. The van der Waals surface area contributed by atoms with E-state index in [1.807, 2.05) is 12.1 Å². The fourth-order valence-electron chi connectivity index (χ4n) is 1.56. The summed E-state index contributed by atoms with van der Waals surface area (Å²) in [5, 5.41) is 3.24. The van der Waals surface area contributed by atoms with Gasteiger partial charge in [0.2, 0.25) is 0 Å². The minimum atomic E-state index is 0.267. The van der Waals surface area contributed by atoms with E-state index in [9.17, 15) is 0 Å². The third-order valence-corrected chi connectivity index (χ3v) is 3.45. The van der Waals surface area contributed by atoms with Crippen molar-refractivity contribution >= 4 is 22.8 Å². The first kappa shape index (κ1) is 12.7. The van der Waals surface area contributed by atoms with Crippen molar-refractivity contribution in [1.82, 2.24) is 4.98 Å². The van der Waals surface area contributed by atoms with Gasteiger partial charge in [-0.1, -0.05) is 27.7 Å². The Morgan fingerprint density at radius 1 is 1.39 bits per heavy atom. The van der Waals surface area contributed by atoms with E-state index in [-0.39, 0.29) is 5.41 Å². The lowest BCUT2D eigenvalue weighted by Gasteiger charge is -2.26. The van der Waals surface area contributed by atoms with Crippen LogP contribution in [0.4, 0.5) is 11.7 Å². The average Bonchev–Trinajstić information content (AvgIpc) is 2.66. The highest BCUT2D eigenvalue weighted by Crippen LogP contribution is 2.26. The van der Waals surface area contributed by atoms with Crippen LogP contribution in [0.15, 0.2) is 22.6 Å². The molecular weight excluding hydrogens is 226 g/mol. The molecule has 2 aromatic rings. The summed E-state index contributed by atoms with van der Waals surface area (Å²) in [4.78, 5) is 4.37. The zero-order chi connectivity index (χ0) is 13.3. The normalized spacial score (nSPS) is 13.8. The maximum absolute atomic E-state index is 5.70. The fourth-order valence-corrected chi connectivity index (χ4v) is 1.56. The molecule has 2 rings (SSSR count). The molecule has 1 atom stereocenters. The van der Waals surface area contributed by atoms with Crippen LogP contribution in [0.2, 0.25) is 0 Å². The third-order valence-electron chi connectivity index (χ3n) is 3.45. The van der Waals surface area contributed by atoms with Gasteiger partial charge in [0.15, 0.2) is 5.58 Å². The summed E-state index contributed by atoms with van der Waals surface area (Å²) in [5.74, 6) is 0.526. The van der Waals surface area contributed by atoms with Gasteiger partial charge in [-0.05, 0) is 23.5 Å². The topological polar surface area (TPSA) is 64.1 Å². The lowest BCUT2D eigenvalue weighted by molar-refractivity contribution is 0.273. The molecule has 0 amide bonds. The number of fused-ring (bicyclic) bond motifs is 1. The molecule has 98 valence electrons. The zero-order valence-electron chi connectivity index (χ0n) is 11.4. The number of nitrogens with zero attached hydrogens (tertiary/aromatic N) is 1. The Hall–Kier alpha value is -1.71. The Kier molecular flexibility index (Phi) is 3.20. The molecule has 1 aromatic carbocycles. The summed E-state index contributed by atoms with van der Waals surface area (Å²) in [7, 11) is 0. The quantitative estimate of drug-likeness (QED) is 0.815. The minimum absolute atomic E-state index is 0.267. The summed E-state index contributed by atoms with van der Waals surface area (Å²) >= 11 is 0. The molecule has 0 aliphatic carbocycles. The SMILES string of the molecule is CC(CNc1nc2ccc(N)cc2o1)C(C)(C)C. The van der Waals surface area contributed by atoms with Crippen LogP contribution in [0.5, 0.6) is 0 Å². The monoisotopic (exact) mass is 247 g/mol. The molecule has 0 bridgehead atoms. The Morgan fingerprint density at radius 2 is 2.11 bits per heavy atom. The molecule has 0 spiro atoms. The van der Waals surface area contributed by atoms with Crippen LogP contribution in [0.25, 0.3) is 11.1 Å². The summed E-state index contributed by atoms with van der Waals surface area (Å²) in [6.07, 6.45) is 0. The van der Waals surface area contributed by atoms with Crippen LogP contribution in [-0.4, -0.2) is 11.5 Å². The fraction of sp³-hybridized carbons (Fsp3) is 0.500. The minimum Gasteiger partial charge on any atom is -0.423 e. The van der Waals surface area contributed by atoms with Crippen molar-refractivity contribution in [1.29, 1.82) is 0 Å². The average molecular weight is 247 g/mol. The van der Waals surface area contributed by atoms with Crippen LogP contribution in [0.3, 0.4) is 0 Å². The first-order valence-corrected chi connectivity index (χ1v) is 6.26. The van der Waals surface area contributed by atoms with Gasteiger partial charge in [0.1, 0.15) is 5.52 Å². The van der Waals surface area contributed by atoms with Gasteiger partial charge in [0, 0.05) is 18.3 Å². The second-order valence-electron chi connectivity index (χ2n) is 5.89. The molecule has 4 heteroatoms. The molecule has 0 radical (unpaired) electrons. The Balaban J connectivity index is 2.09. The van der Waals surface area contributed by atoms with E-state index >= 15 is 0 Å². The third kappa shape index (κ3) is 2.75. The zero-order valence-corrected chi connectivity index (χ0v) is 11.4. The lowest BCUT2D eigenvalue weighted by Crippen LogP contribution is -2.24. The number of nitrogen functional groups attached to an aromatic ring is 1. The van der Waals surface area contributed by atoms with E-state index in [1.165, 1.54) is 0 Å². The number of anilines is 2. The standard InChI is InChI=1S/C14H21N3O/c1-9(14(2,3)4)8-16-13-17-11-6-5-10(15)7-12(11)18-13/h5-7,9H,8,15H2,1-4H3,(H,16,17). The number of oxazole rings is 1. The Morgan fingerprint density at radius 3 is 2.78 bits per heavy atom. The molecule has 0 aliphatic rings. The van der Waals surface area contributed by atoms with E-state index in [2.05, 4.69) is 38.0 Å². The van der Waals surface area contributed by atoms with E-state index in [1.54, 1.807) is 6.07 Å². The van der Waals surface area contributed by atoms with Crippen LogP contribution in [0, 0.1) is 11.3 Å². The van der Waals surface area contributed by atoms with Crippen molar-refractivity contribution in [2.45, 2.75) is 27.7 Å². The molecule has 4 nitrogen and oxygen atoms in total. The number of hydrogen-bond acceptors (Lipinski definition) is 4. The van der Waals surface area contributed by atoms with E-state index in [0.29, 0.717) is 17.6 Å². The van der Waals surface area contributed by atoms with Crippen molar-refractivity contribution in [2.24, 2.45) is 11.3 Å². The van der Waals surface area contributed by atoms with Crippen molar-refractivity contribution in [3.8, 4) is 0 Å². The van der Waals surface area contributed by atoms with E-state index in [0.717, 1.165) is 17.6 Å². The number of hydrogen-bond donors (Lipinski definition) is 2. The molecule has 0 saturated carbocycles. The van der Waals surface area contributed by atoms with Crippen molar-refractivity contribution in [3.63, 3.8) is 0 Å². The van der Waals surface area contributed by atoms with Gasteiger partial charge in [-0.3, -0.25) is 0 Å². The van der Waals surface area contributed by atoms with Crippen molar-refractivity contribution in [3.05, 3.63) is 18.2 Å². The van der Waals surface area contributed by atoms with Crippen molar-refractivity contribution in [2.75, 3.05) is 17.6 Å². The van der Waals surface area contributed by atoms with Gasteiger partial charge >= 0.3 is 0 Å². The Labute approximate surface area is 108 Å². The molecule has 0 aliphatic heterocycles. The molecule has 1 aromatic heterocycles. The summed E-state index contributed by atoms with van der Waals surface area (Å²) in [6, 6.07) is 6.05. The maximum Gasteiger partial charge on any atom is 0.295 e. The summed E-state index contributed by atoms with van der Waals surface area (Å²) < 4.78 is 5.61. The Bertz CT molecular complexity index is 539. The number of nitrogens with two attached hydrogens (primary N) is 1. The molecule has 0 saturated heterocycles. The lowest BCUT2D eigenvalue weighted by atomic mass is 9.82. The van der Waals surface area contributed by atoms with Gasteiger partial charge in [-0.15, -0.1) is 0 Å². The first-order valence-electron chi connectivity index (χ1n) is 6.26. The van der Waals surface area contributed by atoms with Gasteiger partial charge < -0.3 is 15.5 Å². The summed E-state index contributed by atoms with van der Waals surface area (Å²) in [6.45, 7) is 9.74. The predicted molar refractivity (Wildman–Crippen MR) is 75.5 cm³/mol. The van der Waals surface area contributed by atoms with Crippen molar-refractivity contribution < 1.29 is 4.42 Å². The smallest absolute Gasteiger partial charge is 0.295 e. The molecule has 0 fully saturated rings. The van der Waals surface area contributed by atoms with Crippen LogP contribution in [-0.2, 0) is 0 Å². The van der Waals surface area contributed by atoms with Gasteiger partial charge in [-0.25, -0.2) is 0 Å². The maximum atomic E-state index is 5.70. The van der Waals surface area contributed by atoms with E-state index < -0.39 is 0 Å². The van der Waals surface area contributed by atoms with Crippen LogP contribution >= 0.6 is 0 Å². The molecule has 1 unspecified atom stereocenters. The molecule has 1 heterocycles. The van der Waals surface area contributed by atoms with Gasteiger partial charge in [0.05, 0.1) is 0 Å². The predicted octanol–water partition coefficient (Wildman–Crippen LogP) is 3.50. The van der Waals surface area contributed by atoms with Crippen LogP contribution in [0.1, 0.15) is 27.7 Å². The highest BCUT2D eigenvalue weighted by molar-refractivity contribution is 5.78. The largest absolute Gasteiger partial charge is 0.423 e. The second-order valence-corrected chi connectivity index (χ2v) is 5.89. The van der Waals surface area contributed by atoms with Crippen LogP contribution < -0.4 is 11.1 Å². The molecule has 3 N–H and O–H groups in total. The summed E-state index contributed by atoms with van der Waals surface area (Å²) in [5.41, 5.74) is 8.21. The highest BCUT2D eigenvalue weighted by Gasteiger charge is 2.20. The number of rotatable bonds is 3. The molecular formula is C14H21N3O. The van der Waals surface area contributed by atoms with E-state index in [4.69, 9.17) is 10.2 Å². The van der Waals surface area contributed by atoms with Gasteiger partial charge in [0.25, 0.3) is 6.01 Å². The molecule has 18 heavy (non-hydrogen) atoms. The second kappa shape index (κ2) is 4.52. The van der Waals surface area contributed by atoms with Gasteiger partial charge in [-0.2, -0.15) is 4.98 Å².